The normalized spacial score (nSPS) is 9.65. The number of benzene rings is 2. The number of pyridine rings is 1. The Labute approximate surface area is 104 Å². The maximum Gasteiger partial charge on any atom is 2.00 e. The van der Waals surface area contributed by atoms with Gasteiger partial charge in [0.05, 0.1) is 5.52 Å². The van der Waals surface area contributed by atoms with Gasteiger partial charge in [0.15, 0.2) is 0 Å². The van der Waals surface area contributed by atoms with Crippen molar-refractivity contribution in [3.05, 3.63) is 56.1 Å². The first-order valence-corrected chi connectivity index (χ1v) is 4.80. The van der Waals surface area contributed by atoms with Crippen LogP contribution in [0, 0.1) is 7.43 Å². The van der Waals surface area contributed by atoms with Crippen LogP contribution < -0.4 is 5.11 Å². The SMILES string of the molecule is [Be+2].[CH3-].[O-]c1cccc2ccc3cccnc3c12. The summed E-state index contributed by atoms with van der Waals surface area (Å²) in [7, 11) is 0. The molecule has 0 aliphatic heterocycles. The molecule has 0 saturated carbocycles. The average Bonchev–Trinajstić information content (AvgIpc) is 2.29. The summed E-state index contributed by atoms with van der Waals surface area (Å²) in [5.74, 6) is 0.0387. The molecule has 0 spiro atoms. The summed E-state index contributed by atoms with van der Waals surface area (Å²) in [6.07, 6.45) is 1.72. The second-order valence-corrected chi connectivity index (χ2v) is 3.49. The van der Waals surface area contributed by atoms with Crippen LogP contribution in [-0.4, -0.2) is 15.1 Å². The van der Waals surface area contributed by atoms with Crippen molar-refractivity contribution in [1.82, 2.24) is 4.98 Å². The van der Waals surface area contributed by atoms with Gasteiger partial charge in [-0.2, -0.15) is 0 Å². The first kappa shape index (κ1) is 13.1. The third-order valence-corrected chi connectivity index (χ3v) is 2.58. The Balaban J connectivity index is 0.000000722. The Kier molecular flexibility index (Phi) is 3.82. The van der Waals surface area contributed by atoms with Gasteiger partial charge in [0.2, 0.25) is 0 Å². The molecule has 3 heteroatoms. The Morgan fingerprint density at radius 3 is 2.41 bits per heavy atom. The summed E-state index contributed by atoms with van der Waals surface area (Å²) in [5, 5.41) is 14.4. The second-order valence-electron chi connectivity index (χ2n) is 3.49. The maximum atomic E-state index is 11.8. The van der Waals surface area contributed by atoms with Gasteiger partial charge >= 0.3 is 10.1 Å². The van der Waals surface area contributed by atoms with E-state index in [0.29, 0.717) is 0 Å². The van der Waals surface area contributed by atoms with Crippen LogP contribution in [-0.2, 0) is 0 Å². The van der Waals surface area contributed by atoms with Gasteiger partial charge in [0, 0.05) is 17.0 Å². The van der Waals surface area contributed by atoms with Crippen molar-refractivity contribution in [3.63, 3.8) is 0 Å². The van der Waals surface area contributed by atoms with Gasteiger partial charge in [-0.1, -0.05) is 42.1 Å². The van der Waals surface area contributed by atoms with E-state index in [1.54, 1.807) is 18.3 Å². The van der Waals surface area contributed by atoms with E-state index in [4.69, 9.17) is 0 Å². The maximum absolute atomic E-state index is 11.8. The molecule has 1 heterocycles. The van der Waals surface area contributed by atoms with Crippen molar-refractivity contribution in [2.75, 3.05) is 0 Å². The van der Waals surface area contributed by atoms with Gasteiger partial charge in [-0.05, 0) is 11.5 Å². The number of hydrogen-bond donors (Lipinski definition) is 0. The van der Waals surface area contributed by atoms with Gasteiger partial charge in [-0.3, -0.25) is 4.98 Å². The molecule has 0 radical (unpaired) electrons. The van der Waals surface area contributed by atoms with Gasteiger partial charge in [-0.25, -0.2) is 0 Å². The molecule has 0 aliphatic rings. The van der Waals surface area contributed by atoms with Crippen LogP contribution in [0.1, 0.15) is 0 Å². The van der Waals surface area contributed by atoms with Crippen molar-refractivity contribution < 1.29 is 5.11 Å². The molecule has 3 rings (SSSR count). The average molecular weight is 218 g/mol. The quantitative estimate of drug-likeness (QED) is 0.330. The van der Waals surface area contributed by atoms with E-state index in [1.807, 2.05) is 30.3 Å². The summed E-state index contributed by atoms with van der Waals surface area (Å²) >= 11 is 0. The number of nitrogens with zero attached hydrogens (tertiary/aromatic N) is 1. The van der Waals surface area contributed by atoms with E-state index < -0.39 is 0 Å². The predicted molar refractivity (Wildman–Crippen MR) is 70.9 cm³/mol. The standard InChI is InChI=1S/C13H9NO.CH3.Be/c15-11-5-1-3-9-6-7-10-4-2-8-14-13(10)12(9)11;;/h1-8,15H;1H3;/q;-1;+2/p-1. The zero-order chi connectivity index (χ0) is 10.3. The summed E-state index contributed by atoms with van der Waals surface area (Å²) in [5.41, 5.74) is 0.792. The minimum absolute atomic E-state index is 0. The molecule has 0 saturated heterocycles. The molecule has 0 aliphatic carbocycles. The van der Waals surface area contributed by atoms with E-state index >= 15 is 0 Å². The number of fused-ring (bicyclic) bond motifs is 3. The fourth-order valence-electron chi connectivity index (χ4n) is 1.88. The molecule has 0 unspecified atom stereocenters. The summed E-state index contributed by atoms with van der Waals surface area (Å²) in [6, 6.07) is 13.1. The Hall–Kier alpha value is -1.92. The molecule has 2 aromatic carbocycles. The Morgan fingerprint density at radius 2 is 1.59 bits per heavy atom. The van der Waals surface area contributed by atoms with E-state index in [1.165, 1.54) is 0 Å². The number of rotatable bonds is 0. The molecular weight excluding hydrogens is 207 g/mol. The topological polar surface area (TPSA) is 36.0 Å². The van der Waals surface area contributed by atoms with Crippen LogP contribution in [0.5, 0.6) is 5.75 Å². The zero-order valence-corrected chi connectivity index (χ0v) is 9.68. The van der Waals surface area contributed by atoms with Crippen LogP contribution in [0.15, 0.2) is 48.7 Å². The van der Waals surface area contributed by atoms with E-state index in [9.17, 15) is 5.11 Å². The smallest absolute Gasteiger partial charge is 0.872 e. The van der Waals surface area contributed by atoms with Gasteiger partial charge in [0.25, 0.3) is 0 Å². The van der Waals surface area contributed by atoms with Crippen LogP contribution in [0.4, 0.5) is 0 Å². The largest absolute Gasteiger partial charge is 2.00 e. The first-order chi connectivity index (χ1) is 7.36. The molecule has 0 amide bonds. The Bertz CT molecular complexity index is 652. The molecule has 0 bridgehead atoms. The molecule has 3 aromatic rings. The van der Waals surface area contributed by atoms with Crippen molar-refractivity contribution in [1.29, 1.82) is 0 Å². The van der Waals surface area contributed by atoms with Crippen LogP contribution in [0.2, 0.25) is 0 Å². The summed E-state index contributed by atoms with van der Waals surface area (Å²) in [4.78, 5) is 4.27. The van der Waals surface area contributed by atoms with Crippen LogP contribution >= 0.6 is 0 Å². The van der Waals surface area contributed by atoms with Crippen LogP contribution in [0.25, 0.3) is 21.7 Å². The summed E-state index contributed by atoms with van der Waals surface area (Å²) < 4.78 is 0. The molecule has 0 fully saturated rings. The fourth-order valence-corrected chi connectivity index (χ4v) is 1.88. The predicted octanol–water partition coefficient (Wildman–Crippen LogP) is 2.53. The fraction of sp³-hybridized carbons (Fsp3) is 0. The molecular formula is C14H11BeNO. The molecule has 0 N–H and O–H groups in total. The zero-order valence-electron chi connectivity index (χ0n) is 9.68. The van der Waals surface area contributed by atoms with Crippen molar-refractivity contribution in [2.45, 2.75) is 0 Å². The second kappa shape index (κ2) is 4.94. The van der Waals surface area contributed by atoms with Crippen molar-refractivity contribution in [3.8, 4) is 5.75 Å². The molecule has 17 heavy (non-hydrogen) atoms. The van der Waals surface area contributed by atoms with Gasteiger partial charge in [-0.15, -0.1) is 0 Å². The first-order valence-electron chi connectivity index (χ1n) is 4.80. The third-order valence-electron chi connectivity index (χ3n) is 2.58. The van der Waals surface area contributed by atoms with Gasteiger partial charge < -0.3 is 12.5 Å². The van der Waals surface area contributed by atoms with E-state index in [0.717, 1.165) is 21.7 Å². The van der Waals surface area contributed by atoms with E-state index in [-0.39, 0.29) is 23.3 Å². The number of aromatic nitrogens is 1. The minimum Gasteiger partial charge on any atom is -0.872 e. The molecule has 1 aromatic heterocycles. The minimum atomic E-state index is 0. The monoisotopic (exact) mass is 218 g/mol. The van der Waals surface area contributed by atoms with E-state index in [2.05, 4.69) is 4.98 Å². The molecule has 0 atom stereocenters. The van der Waals surface area contributed by atoms with Crippen LogP contribution in [0.3, 0.4) is 0 Å². The van der Waals surface area contributed by atoms with Crippen molar-refractivity contribution >= 4 is 31.8 Å². The number of hydrogen-bond acceptors (Lipinski definition) is 2. The summed E-state index contributed by atoms with van der Waals surface area (Å²) in [6.45, 7) is 0. The van der Waals surface area contributed by atoms with Crippen molar-refractivity contribution in [2.24, 2.45) is 0 Å². The van der Waals surface area contributed by atoms with Gasteiger partial charge in [0.1, 0.15) is 0 Å². The molecule has 80 valence electrons. The molecule has 2 nitrogen and oxygen atoms in total. The Morgan fingerprint density at radius 1 is 0.882 bits per heavy atom. The third kappa shape index (κ3) is 2.00.